The standard InChI is InChI=1S/C48H41B9N2/c49-39-37(40(50)44(54)45(55)43(39)53)38-41(51)46(56)48(47(57)42(38)52)59-33-14-8-7-13-29(33)30-22-26(17-20-36(30)59)27-16-19-35-32(23-27)31-21-25(24-9-3-1-4-10-24)15-18-34(31)58(35)28-11-5-2-6-12-28/h1-23H,49-57H2. The number of rotatable bonds is 5. The smallest absolute Gasteiger partial charge is 0.141 e. The average Bonchev–Trinajstić information content (AvgIpc) is 3.77. The molecule has 8 aromatic carbocycles. The van der Waals surface area contributed by atoms with Gasteiger partial charge in [-0.15, -0.1) is 16.4 Å². The third kappa shape index (κ3) is 5.61. The van der Waals surface area contributed by atoms with Crippen molar-refractivity contribution in [3.63, 3.8) is 0 Å². The molecule has 0 aliphatic rings. The molecule has 0 spiro atoms. The van der Waals surface area contributed by atoms with E-state index in [0.717, 1.165) is 0 Å². The predicted octanol–water partition coefficient (Wildman–Crippen LogP) is -2.79. The highest BCUT2D eigenvalue weighted by Gasteiger charge is 2.23. The normalized spacial score (nSPS) is 11.7. The first-order valence-corrected chi connectivity index (χ1v) is 21.0. The number of aromatic nitrogens is 2. The van der Waals surface area contributed by atoms with E-state index >= 15 is 0 Å². The summed E-state index contributed by atoms with van der Waals surface area (Å²) in [7, 11) is 20.8. The van der Waals surface area contributed by atoms with Gasteiger partial charge in [-0.1, -0.05) is 118 Å². The molecular formula is C48H41B9N2. The molecule has 0 fully saturated rings. The average molecular weight is 743 g/mol. The fourth-order valence-corrected chi connectivity index (χ4v) is 10.1. The maximum atomic E-state index is 2.54. The first-order valence-electron chi connectivity index (χ1n) is 21.0. The Morgan fingerprint density at radius 2 is 0.644 bits per heavy atom. The maximum Gasteiger partial charge on any atom is 0.141 e. The van der Waals surface area contributed by atoms with E-state index in [-0.39, 0.29) is 0 Å². The van der Waals surface area contributed by atoms with Gasteiger partial charge in [-0.25, -0.2) is 0 Å². The molecule has 59 heavy (non-hydrogen) atoms. The maximum absolute atomic E-state index is 2.54. The molecule has 0 aliphatic heterocycles. The van der Waals surface area contributed by atoms with Gasteiger partial charge >= 0.3 is 0 Å². The molecule has 0 radical (unpaired) electrons. The third-order valence-electron chi connectivity index (χ3n) is 14.0. The molecule has 0 amide bonds. The summed E-state index contributed by atoms with van der Waals surface area (Å²) < 4.78 is 4.94. The molecule has 2 aromatic heterocycles. The van der Waals surface area contributed by atoms with Crippen molar-refractivity contribution in [1.29, 1.82) is 0 Å². The van der Waals surface area contributed by atoms with E-state index in [0.29, 0.717) is 0 Å². The zero-order chi connectivity index (χ0) is 40.9. The van der Waals surface area contributed by atoms with Crippen LogP contribution in [0, 0.1) is 0 Å². The first kappa shape index (κ1) is 37.2. The van der Waals surface area contributed by atoms with Crippen LogP contribution in [0.2, 0.25) is 0 Å². The van der Waals surface area contributed by atoms with Crippen LogP contribution in [0.25, 0.3) is 88.4 Å². The van der Waals surface area contributed by atoms with E-state index < -0.39 is 0 Å². The van der Waals surface area contributed by atoms with Crippen LogP contribution in [0.4, 0.5) is 0 Å². The fourth-order valence-electron chi connectivity index (χ4n) is 10.1. The van der Waals surface area contributed by atoms with Gasteiger partial charge in [0.2, 0.25) is 0 Å². The molecule has 0 aliphatic carbocycles. The Bertz CT molecular complexity index is 3310. The van der Waals surface area contributed by atoms with Crippen molar-refractivity contribution in [3.05, 3.63) is 140 Å². The van der Waals surface area contributed by atoms with Crippen molar-refractivity contribution in [2.45, 2.75) is 0 Å². The zero-order valence-corrected chi connectivity index (χ0v) is 35.7. The van der Waals surface area contributed by atoms with Gasteiger partial charge in [0.05, 0.1) is 22.1 Å². The SMILES string of the molecule is Bc1c(B)c(B)c(-c2c(B)c(B)c(-n3c4ccccc4c4cc(-c5ccc6c(c5)c5cc(-c7ccccc7)ccc5n6-c5ccccc5)ccc43)c(B)c2B)c(B)c1B. The number of hydrogen-bond donors (Lipinski definition) is 0. The lowest BCUT2D eigenvalue weighted by atomic mass is 9.56. The van der Waals surface area contributed by atoms with Crippen LogP contribution in [0.5, 0.6) is 0 Å². The van der Waals surface area contributed by atoms with Gasteiger partial charge in [0.15, 0.2) is 0 Å². The summed E-state index contributed by atoms with van der Waals surface area (Å²) >= 11 is 0. The quantitative estimate of drug-likeness (QED) is 0.169. The minimum atomic E-state index is 1.17. The highest BCUT2D eigenvalue weighted by atomic mass is 15.0. The number of hydrogen-bond acceptors (Lipinski definition) is 0. The van der Waals surface area contributed by atoms with Crippen LogP contribution in [0.1, 0.15) is 0 Å². The summed E-state index contributed by atoms with van der Waals surface area (Å²) in [5.41, 5.74) is 27.4. The topological polar surface area (TPSA) is 9.86 Å². The molecule has 0 N–H and O–H groups in total. The van der Waals surface area contributed by atoms with Crippen LogP contribution < -0.4 is 49.2 Å². The Balaban J connectivity index is 1.17. The summed E-state index contributed by atoms with van der Waals surface area (Å²) in [6.45, 7) is 0. The van der Waals surface area contributed by atoms with Gasteiger partial charge in [-0.05, 0) is 88.0 Å². The lowest BCUT2D eigenvalue weighted by molar-refractivity contribution is 1.18. The minimum Gasteiger partial charge on any atom is -0.310 e. The van der Waals surface area contributed by atoms with E-state index in [1.165, 1.54) is 138 Å². The van der Waals surface area contributed by atoms with Crippen molar-refractivity contribution in [1.82, 2.24) is 9.13 Å². The van der Waals surface area contributed by atoms with Crippen molar-refractivity contribution < 1.29 is 0 Å². The molecule has 10 aromatic rings. The van der Waals surface area contributed by atoms with E-state index in [9.17, 15) is 0 Å². The van der Waals surface area contributed by atoms with Crippen molar-refractivity contribution >= 4 is 163 Å². The second-order valence-electron chi connectivity index (χ2n) is 16.8. The largest absolute Gasteiger partial charge is 0.310 e. The summed E-state index contributed by atoms with van der Waals surface area (Å²) in [5, 5.41) is 5.05. The van der Waals surface area contributed by atoms with Gasteiger partial charge in [0, 0.05) is 32.9 Å². The molecule has 0 saturated heterocycles. The summed E-state index contributed by atoms with van der Waals surface area (Å²) in [6.07, 6.45) is 0. The van der Waals surface area contributed by atoms with Gasteiger partial charge in [0.25, 0.3) is 0 Å². The molecule has 2 heterocycles. The molecule has 2 nitrogen and oxygen atoms in total. The van der Waals surface area contributed by atoms with Crippen LogP contribution in [0.3, 0.4) is 0 Å². The first-order chi connectivity index (χ1) is 28.5. The number of nitrogens with zero attached hydrogens (tertiary/aromatic N) is 2. The Hall–Kier alpha value is -6.06. The Morgan fingerprint density at radius 1 is 0.271 bits per heavy atom. The Kier molecular flexibility index (Phi) is 8.87. The van der Waals surface area contributed by atoms with Gasteiger partial charge in [-0.2, -0.15) is 0 Å². The van der Waals surface area contributed by atoms with Crippen molar-refractivity contribution in [2.24, 2.45) is 0 Å². The van der Waals surface area contributed by atoms with E-state index in [2.05, 4.69) is 219 Å². The molecular weight excluding hydrogens is 702 g/mol. The minimum absolute atomic E-state index is 1.17. The molecule has 0 bridgehead atoms. The van der Waals surface area contributed by atoms with Crippen molar-refractivity contribution in [3.8, 4) is 44.8 Å². The summed E-state index contributed by atoms with van der Waals surface area (Å²) in [5.74, 6) is 0. The van der Waals surface area contributed by atoms with Gasteiger partial charge in [0.1, 0.15) is 70.6 Å². The molecule has 270 valence electrons. The molecule has 10 rings (SSSR count). The highest BCUT2D eigenvalue weighted by molar-refractivity contribution is 6.70. The fraction of sp³-hybridized carbons (Fsp3) is 0. The zero-order valence-electron chi connectivity index (χ0n) is 35.7. The van der Waals surface area contributed by atoms with Crippen LogP contribution in [-0.4, -0.2) is 79.8 Å². The lowest BCUT2D eigenvalue weighted by Crippen LogP contribution is -2.57. The molecule has 0 unspecified atom stereocenters. The Morgan fingerprint density at radius 3 is 1.17 bits per heavy atom. The molecule has 0 saturated carbocycles. The van der Waals surface area contributed by atoms with Crippen LogP contribution in [0.15, 0.2) is 140 Å². The monoisotopic (exact) mass is 744 g/mol. The van der Waals surface area contributed by atoms with E-state index in [4.69, 9.17) is 0 Å². The third-order valence-corrected chi connectivity index (χ3v) is 14.0. The summed E-state index contributed by atoms with van der Waals surface area (Å²) in [4.78, 5) is 0. The highest BCUT2D eigenvalue weighted by Crippen LogP contribution is 2.39. The van der Waals surface area contributed by atoms with E-state index in [1.54, 1.807) is 0 Å². The predicted molar refractivity (Wildman–Crippen MR) is 285 cm³/mol. The van der Waals surface area contributed by atoms with Crippen LogP contribution in [-0.2, 0) is 0 Å². The number of fused-ring (bicyclic) bond motifs is 6. The second kappa shape index (κ2) is 14.1. The van der Waals surface area contributed by atoms with Crippen molar-refractivity contribution in [2.75, 3.05) is 0 Å². The molecule has 0 atom stereocenters. The lowest BCUT2D eigenvalue weighted by Gasteiger charge is -2.28. The van der Waals surface area contributed by atoms with Crippen LogP contribution >= 0.6 is 0 Å². The summed E-state index contributed by atoms with van der Waals surface area (Å²) in [6, 6.07) is 51.4. The number of benzene rings is 8. The van der Waals surface area contributed by atoms with Gasteiger partial charge < -0.3 is 9.13 Å². The second-order valence-corrected chi connectivity index (χ2v) is 16.8. The number of para-hydroxylation sites is 2. The van der Waals surface area contributed by atoms with E-state index in [1.807, 2.05) is 0 Å². The van der Waals surface area contributed by atoms with Gasteiger partial charge in [-0.3, -0.25) is 0 Å². The molecule has 11 heteroatoms. The Labute approximate surface area is 355 Å².